The first kappa shape index (κ1) is 13.1. The van der Waals surface area contributed by atoms with E-state index in [1.54, 1.807) is 11.0 Å². The summed E-state index contributed by atoms with van der Waals surface area (Å²) in [6.07, 6.45) is 1.17. The number of esters is 1. The lowest BCUT2D eigenvalue weighted by Crippen LogP contribution is -2.31. The Bertz CT molecular complexity index is 739. The van der Waals surface area contributed by atoms with E-state index in [-0.39, 0.29) is 0 Å². The third-order valence-electron chi connectivity index (χ3n) is 3.53. The average Bonchev–Trinajstić information content (AvgIpc) is 2.86. The molecule has 3 rings (SSSR count). The molecule has 2 aliphatic rings. The molecule has 1 fully saturated rings. The van der Waals surface area contributed by atoms with Crippen LogP contribution in [0.15, 0.2) is 33.7 Å². The van der Waals surface area contributed by atoms with Crippen LogP contribution in [-0.2, 0) is 19.4 Å². The van der Waals surface area contributed by atoms with Crippen LogP contribution in [0.4, 0.5) is 10.1 Å². The van der Waals surface area contributed by atoms with Crippen LogP contribution in [-0.4, -0.2) is 28.0 Å². The van der Waals surface area contributed by atoms with Gasteiger partial charge in [-0.3, -0.25) is 0 Å². The molecule has 1 aromatic rings. The lowest BCUT2D eigenvalue weighted by molar-refractivity contribution is -0.135. The summed E-state index contributed by atoms with van der Waals surface area (Å²) < 4.78 is 43.6. The van der Waals surface area contributed by atoms with Crippen molar-refractivity contribution < 1.29 is 22.3 Å². The Balaban J connectivity index is 2.37. The molecule has 0 N–H and O–H groups in total. The van der Waals surface area contributed by atoms with E-state index in [1.165, 1.54) is 6.07 Å². The Kier molecular flexibility index (Phi) is 2.82. The van der Waals surface area contributed by atoms with Crippen molar-refractivity contribution in [3.05, 3.63) is 34.6 Å². The number of methoxy groups -OCH3 is 1. The number of benzene rings is 1. The first-order chi connectivity index (χ1) is 9.48. The number of carbonyl (C=O) groups is 1. The molecule has 1 saturated heterocycles. The van der Waals surface area contributed by atoms with Crippen LogP contribution in [0.2, 0.25) is 0 Å². The second kappa shape index (κ2) is 4.31. The molecule has 106 valence electrons. The highest BCUT2D eigenvalue weighted by molar-refractivity contribution is 7.96. The molecule has 7 heteroatoms. The van der Waals surface area contributed by atoms with Crippen LogP contribution in [0.25, 0.3) is 0 Å². The maximum atomic E-state index is 14.0. The van der Waals surface area contributed by atoms with Gasteiger partial charge in [-0.2, -0.15) is 0 Å². The van der Waals surface area contributed by atoms with Crippen molar-refractivity contribution in [2.45, 2.75) is 17.7 Å². The summed E-state index contributed by atoms with van der Waals surface area (Å²) in [5.41, 5.74) is 0.695. The number of hydrogen-bond acceptors (Lipinski definition) is 5. The predicted octanol–water partition coefficient (Wildman–Crippen LogP) is 1.60. The Morgan fingerprint density at radius 1 is 1.40 bits per heavy atom. The van der Waals surface area contributed by atoms with Gasteiger partial charge in [0, 0.05) is 12.2 Å². The van der Waals surface area contributed by atoms with Gasteiger partial charge in [0.15, 0.2) is 4.91 Å². The van der Waals surface area contributed by atoms with E-state index in [2.05, 4.69) is 4.74 Å². The fourth-order valence-electron chi connectivity index (χ4n) is 2.73. The minimum absolute atomic E-state index is 0.296. The molecule has 5 nitrogen and oxygen atoms in total. The molecule has 20 heavy (non-hydrogen) atoms. The zero-order chi connectivity index (χ0) is 14.5. The number of sulfone groups is 1. The standard InChI is InChI=1S/C13H12FNO4S/c1-19-13(16)12-10-6-3-7-15(10)9-5-2-4-8(14)11(9)20(12,17)18/h2,4-5H,3,6-7H2,1H3. The first-order valence-electron chi connectivity index (χ1n) is 6.11. The number of allylic oxidation sites excluding steroid dienone is 1. The molecule has 0 saturated carbocycles. The molecule has 0 spiro atoms. The minimum atomic E-state index is -4.19. The van der Waals surface area contributed by atoms with Crippen molar-refractivity contribution in [1.82, 2.24) is 0 Å². The second-order valence-corrected chi connectivity index (χ2v) is 6.44. The number of ether oxygens (including phenoxy) is 1. The fourth-order valence-corrected chi connectivity index (χ4v) is 4.54. The van der Waals surface area contributed by atoms with Gasteiger partial charge in [0.2, 0.25) is 9.84 Å². The normalized spacial score (nSPS) is 19.6. The number of nitrogens with zero attached hydrogens (tertiary/aromatic N) is 1. The van der Waals surface area contributed by atoms with Gasteiger partial charge in [0.05, 0.1) is 12.8 Å². The predicted molar refractivity (Wildman–Crippen MR) is 69.2 cm³/mol. The third kappa shape index (κ3) is 1.59. The zero-order valence-electron chi connectivity index (χ0n) is 10.7. The zero-order valence-corrected chi connectivity index (χ0v) is 11.5. The summed E-state index contributed by atoms with van der Waals surface area (Å²) >= 11 is 0. The average molecular weight is 297 g/mol. The molecule has 0 unspecified atom stereocenters. The van der Waals surface area contributed by atoms with Gasteiger partial charge in [-0.1, -0.05) is 6.07 Å². The van der Waals surface area contributed by atoms with E-state index >= 15 is 0 Å². The van der Waals surface area contributed by atoms with E-state index in [0.717, 1.165) is 13.2 Å². The van der Waals surface area contributed by atoms with Gasteiger partial charge in [-0.25, -0.2) is 17.6 Å². The lowest BCUT2D eigenvalue weighted by Gasteiger charge is -2.29. The van der Waals surface area contributed by atoms with Crippen molar-refractivity contribution in [3.8, 4) is 0 Å². The Hall–Kier alpha value is -1.89. The number of halogens is 1. The minimum Gasteiger partial charge on any atom is -0.465 e. The highest BCUT2D eigenvalue weighted by atomic mass is 32.2. The third-order valence-corrected chi connectivity index (χ3v) is 5.41. The Morgan fingerprint density at radius 3 is 2.85 bits per heavy atom. The first-order valence-corrected chi connectivity index (χ1v) is 7.59. The summed E-state index contributed by atoms with van der Waals surface area (Å²) in [6, 6.07) is 4.09. The molecule has 1 aromatic carbocycles. The van der Waals surface area contributed by atoms with Gasteiger partial charge >= 0.3 is 5.97 Å². The summed E-state index contributed by atoms with van der Waals surface area (Å²) in [5.74, 6) is -1.80. The van der Waals surface area contributed by atoms with Crippen molar-refractivity contribution in [2.75, 3.05) is 18.6 Å². The summed E-state index contributed by atoms with van der Waals surface area (Å²) in [6.45, 7) is 0.557. The molecular formula is C13H12FNO4S. The molecule has 0 aromatic heterocycles. The number of carbonyl (C=O) groups excluding carboxylic acids is 1. The lowest BCUT2D eigenvalue weighted by atomic mass is 10.2. The highest BCUT2D eigenvalue weighted by Crippen LogP contribution is 2.44. The summed E-state index contributed by atoms with van der Waals surface area (Å²) in [5, 5.41) is 0. The molecular weight excluding hydrogens is 285 g/mol. The van der Waals surface area contributed by atoms with E-state index in [0.29, 0.717) is 30.8 Å². The Labute approximate surface area is 115 Å². The maximum Gasteiger partial charge on any atom is 0.351 e. The molecule has 2 heterocycles. The van der Waals surface area contributed by atoms with Gasteiger partial charge in [-0.05, 0) is 25.0 Å². The Morgan fingerprint density at radius 2 is 2.15 bits per heavy atom. The molecule has 0 radical (unpaired) electrons. The van der Waals surface area contributed by atoms with E-state index in [1.807, 2.05) is 0 Å². The van der Waals surface area contributed by atoms with Crippen LogP contribution in [0.5, 0.6) is 0 Å². The molecule has 0 bridgehead atoms. The van der Waals surface area contributed by atoms with Crippen LogP contribution < -0.4 is 4.90 Å². The molecule has 0 amide bonds. The van der Waals surface area contributed by atoms with Crippen LogP contribution in [0.1, 0.15) is 12.8 Å². The van der Waals surface area contributed by atoms with Crippen LogP contribution >= 0.6 is 0 Å². The monoisotopic (exact) mass is 297 g/mol. The maximum absolute atomic E-state index is 14.0. The van der Waals surface area contributed by atoms with E-state index in [4.69, 9.17) is 0 Å². The van der Waals surface area contributed by atoms with E-state index < -0.39 is 31.4 Å². The second-order valence-electron chi connectivity index (χ2n) is 4.61. The quantitative estimate of drug-likeness (QED) is 0.737. The van der Waals surface area contributed by atoms with Crippen molar-refractivity contribution in [2.24, 2.45) is 0 Å². The summed E-state index contributed by atoms with van der Waals surface area (Å²) in [4.78, 5) is 12.7. The molecule has 0 aliphatic carbocycles. The molecule has 2 aliphatic heterocycles. The van der Waals surface area contributed by atoms with E-state index in [9.17, 15) is 17.6 Å². The number of rotatable bonds is 1. The smallest absolute Gasteiger partial charge is 0.351 e. The van der Waals surface area contributed by atoms with Crippen molar-refractivity contribution in [3.63, 3.8) is 0 Å². The number of hydrogen-bond donors (Lipinski definition) is 0. The van der Waals surface area contributed by atoms with Gasteiger partial charge in [-0.15, -0.1) is 0 Å². The van der Waals surface area contributed by atoms with Crippen LogP contribution in [0.3, 0.4) is 0 Å². The van der Waals surface area contributed by atoms with Crippen LogP contribution in [0, 0.1) is 5.82 Å². The fraction of sp³-hybridized carbons (Fsp3) is 0.308. The number of anilines is 1. The molecule has 0 atom stereocenters. The van der Waals surface area contributed by atoms with Gasteiger partial charge < -0.3 is 9.64 Å². The van der Waals surface area contributed by atoms with Crippen molar-refractivity contribution in [1.29, 1.82) is 0 Å². The SMILES string of the molecule is COC(=O)C1=C2CCCN2c2cccc(F)c2S1(=O)=O. The summed E-state index contributed by atoms with van der Waals surface area (Å²) in [7, 11) is -3.08. The highest BCUT2D eigenvalue weighted by Gasteiger charge is 2.43. The van der Waals surface area contributed by atoms with Gasteiger partial charge in [0.25, 0.3) is 0 Å². The van der Waals surface area contributed by atoms with Gasteiger partial charge in [0.1, 0.15) is 10.7 Å². The topological polar surface area (TPSA) is 63.7 Å². The largest absolute Gasteiger partial charge is 0.465 e. The van der Waals surface area contributed by atoms with Crippen molar-refractivity contribution >= 4 is 21.5 Å². The number of fused-ring (bicyclic) bond motifs is 3.